The highest BCUT2D eigenvalue weighted by Crippen LogP contribution is 2.24. The van der Waals surface area contributed by atoms with Gasteiger partial charge in [0.05, 0.1) is 11.4 Å². The van der Waals surface area contributed by atoms with Crippen molar-refractivity contribution < 1.29 is 23.8 Å². The van der Waals surface area contributed by atoms with Crippen LogP contribution in [0, 0.1) is 13.8 Å². The molecule has 0 aliphatic carbocycles. The Balaban J connectivity index is 2.17. The Morgan fingerprint density at radius 1 is 1.33 bits per heavy atom. The number of carbonyl (C=O) groups excluding carboxylic acids is 1. The van der Waals surface area contributed by atoms with Crippen LogP contribution in [0.4, 0.5) is 5.69 Å². The van der Waals surface area contributed by atoms with Crippen LogP contribution in [-0.4, -0.2) is 28.6 Å². The third-order valence-electron chi connectivity index (χ3n) is 2.60. The van der Waals surface area contributed by atoms with E-state index in [1.807, 2.05) is 0 Å². The fraction of sp³-hybridized carbons (Fsp3) is 0.214. The Hall–Kier alpha value is -2.83. The van der Waals surface area contributed by atoms with E-state index in [1.165, 1.54) is 0 Å². The number of para-hydroxylation sites is 2. The first-order valence-corrected chi connectivity index (χ1v) is 6.16. The fourth-order valence-electron chi connectivity index (χ4n) is 1.76. The number of carboxylic acids is 1. The first-order valence-electron chi connectivity index (χ1n) is 6.16. The van der Waals surface area contributed by atoms with Gasteiger partial charge < -0.3 is 19.6 Å². The van der Waals surface area contributed by atoms with Gasteiger partial charge in [-0.1, -0.05) is 12.1 Å². The third-order valence-corrected chi connectivity index (χ3v) is 2.60. The number of hydrogen-bond donors (Lipinski definition) is 2. The number of rotatable bonds is 5. The van der Waals surface area contributed by atoms with E-state index in [-0.39, 0.29) is 11.5 Å². The normalized spacial score (nSPS) is 10.2. The average Bonchev–Trinajstić information content (AvgIpc) is 2.76. The molecule has 0 fully saturated rings. The van der Waals surface area contributed by atoms with E-state index in [0.29, 0.717) is 17.3 Å². The molecule has 0 radical (unpaired) electrons. The number of carbonyl (C=O) groups is 2. The highest BCUT2D eigenvalue weighted by molar-refractivity contribution is 6.03. The highest BCUT2D eigenvalue weighted by atomic mass is 16.5. The summed E-state index contributed by atoms with van der Waals surface area (Å²) < 4.78 is 10.3. The Morgan fingerprint density at radius 3 is 2.67 bits per heavy atom. The number of carboxylic acid groups (broad SMARTS) is 1. The predicted molar refractivity (Wildman–Crippen MR) is 73.5 cm³/mol. The molecular weight excluding hydrogens is 276 g/mol. The average molecular weight is 290 g/mol. The van der Waals surface area contributed by atoms with Crippen LogP contribution in [0.5, 0.6) is 5.75 Å². The molecule has 7 heteroatoms. The molecule has 0 aliphatic rings. The van der Waals surface area contributed by atoms with E-state index in [9.17, 15) is 9.59 Å². The van der Waals surface area contributed by atoms with Crippen LogP contribution in [0.3, 0.4) is 0 Å². The SMILES string of the molecule is Cc1nc(C)c(C(=O)Nc2ccccc2OCC(=O)O)o1. The van der Waals surface area contributed by atoms with Gasteiger partial charge in [0.2, 0.25) is 5.76 Å². The zero-order valence-corrected chi connectivity index (χ0v) is 11.5. The van der Waals surface area contributed by atoms with E-state index in [0.717, 1.165) is 0 Å². The molecule has 2 rings (SSSR count). The molecule has 0 saturated carbocycles. The molecule has 2 N–H and O–H groups in total. The molecule has 2 aromatic rings. The summed E-state index contributed by atoms with van der Waals surface area (Å²) in [5, 5.41) is 11.2. The number of ether oxygens (including phenoxy) is 1. The van der Waals surface area contributed by atoms with Crippen LogP contribution in [0.25, 0.3) is 0 Å². The summed E-state index contributed by atoms with van der Waals surface area (Å²) in [5.74, 6) is -0.798. The molecule has 0 saturated heterocycles. The van der Waals surface area contributed by atoms with Crippen LogP contribution in [-0.2, 0) is 4.79 Å². The molecule has 1 amide bonds. The summed E-state index contributed by atoms with van der Waals surface area (Å²) in [7, 11) is 0. The first kappa shape index (κ1) is 14.6. The van der Waals surface area contributed by atoms with Gasteiger partial charge >= 0.3 is 5.97 Å². The number of hydrogen-bond acceptors (Lipinski definition) is 5. The van der Waals surface area contributed by atoms with Crippen molar-refractivity contribution in [2.75, 3.05) is 11.9 Å². The molecule has 7 nitrogen and oxygen atoms in total. The topological polar surface area (TPSA) is 102 Å². The van der Waals surface area contributed by atoms with Gasteiger partial charge in [0.15, 0.2) is 12.5 Å². The summed E-state index contributed by atoms with van der Waals surface area (Å²) >= 11 is 0. The van der Waals surface area contributed by atoms with Gasteiger partial charge in [-0.3, -0.25) is 4.79 Å². The molecular formula is C14H14N2O5. The number of oxazole rings is 1. The monoisotopic (exact) mass is 290 g/mol. The lowest BCUT2D eigenvalue weighted by molar-refractivity contribution is -0.139. The number of amides is 1. The van der Waals surface area contributed by atoms with Crippen LogP contribution >= 0.6 is 0 Å². The molecule has 0 atom stereocenters. The van der Waals surface area contributed by atoms with E-state index < -0.39 is 18.5 Å². The largest absolute Gasteiger partial charge is 0.480 e. The quantitative estimate of drug-likeness (QED) is 0.873. The van der Waals surface area contributed by atoms with Crippen LogP contribution < -0.4 is 10.1 Å². The van der Waals surface area contributed by atoms with Gasteiger partial charge in [-0.2, -0.15) is 0 Å². The van der Waals surface area contributed by atoms with Crippen molar-refractivity contribution in [2.24, 2.45) is 0 Å². The minimum Gasteiger partial charge on any atom is -0.480 e. The van der Waals surface area contributed by atoms with Crippen molar-refractivity contribution in [3.05, 3.63) is 41.6 Å². The standard InChI is InChI=1S/C14H14N2O5/c1-8-13(21-9(2)15-8)14(19)16-10-5-3-4-6-11(10)20-7-12(17)18/h3-6H,7H2,1-2H3,(H,16,19)(H,17,18). The summed E-state index contributed by atoms with van der Waals surface area (Å²) in [6.45, 7) is 2.82. The number of aliphatic carboxylic acids is 1. The maximum absolute atomic E-state index is 12.1. The second-order valence-corrected chi connectivity index (χ2v) is 4.28. The number of aryl methyl sites for hydroxylation is 2. The van der Waals surface area contributed by atoms with E-state index >= 15 is 0 Å². The van der Waals surface area contributed by atoms with Crippen LogP contribution in [0.1, 0.15) is 22.1 Å². The molecule has 0 spiro atoms. The zero-order valence-electron chi connectivity index (χ0n) is 11.5. The van der Waals surface area contributed by atoms with Crippen molar-refractivity contribution in [1.29, 1.82) is 0 Å². The minimum atomic E-state index is -1.10. The van der Waals surface area contributed by atoms with Gasteiger partial charge in [0, 0.05) is 6.92 Å². The highest BCUT2D eigenvalue weighted by Gasteiger charge is 2.17. The van der Waals surface area contributed by atoms with Crippen molar-refractivity contribution in [3.8, 4) is 5.75 Å². The molecule has 0 bridgehead atoms. The lowest BCUT2D eigenvalue weighted by atomic mass is 10.2. The number of nitrogens with one attached hydrogen (secondary N) is 1. The second-order valence-electron chi connectivity index (χ2n) is 4.28. The smallest absolute Gasteiger partial charge is 0.341 e. The fourth-order valence-corrected chi connectivity index (χ4v) is 1.76. The van der Waals surface area contributed by atoms with E-state index in [2.05, 4.69) is 10.3 Å². The van der Waals surface area contributed by atoms with Gasteiger partial charge in [-0.15, -0.1) is 0 Å². The van der Waals surface area contributed by atoms with Crippen molar-refractivity contribution in [1.82, 2.24) is 4.98 Å². The van der Waals surface area contributed by atoms with Gasteiger partial charge in [-0.25, -0.2) is 9.78 Å². The van der Waals surface area contributed by atoms with Gasteiger partial charge in [0.25, 0.3) is 5.91 Å². The van der Waals surface area contributed by atoms with Crippen molar-refractivity contribution >= 4 is 17.6 Å². The van der Waals surface area contributed by atoms with Crippen LogP contribution in [0.2, 0.25) is 0 Å². The number of benzene rings is 1. The first-order chi connectivity index (χ1) is 9.97. The summed E-state index contributed by atoms with van der Waals surface area (Å²) in [6.07, 6.45) is 0. The Bertz CT molecular complexity index is 678. The summed E-state index contributed by atoms with van der Waals surface area (Å²) in [5.41, 5.74) is 0.839. The molecule has 0 aliphatic heterocycles. The minimum absolute atomic E-state index is 0.112. The van der Waals surface area contributed by atoms with Crippen LogP contribution in [0.15, 0.2) is 28.7 Å². The molecule has 110 valence electrons. The van der Waals surface area contributed by atoms with E-state index in [4.69, 9.17) is 14.3 Å². The maximum atomic E-state index is 12.1. The maximum Gasteiger partial charge on any atom is 0.341 e. The Morgan fingerprint density at radius 2 is 2.05 bits per heavy atom. The Kier molecular flexibility index (Phi) is 4.22. The number of nitrogens with zero attached hydrogens (tertiary/aromatic N) is 1. The lowest BCUT2D eigenvalue weighted by Crippen LogP contribution is -2.15. The lowest BCUT2D eigenvalue weighted by Gasteiger charge is -2.10. The molecule has 1 aromatic heterocycles. The predicted octanol–water partition coefficient (Wildman–Crippen LogP) is 2.01. The van der Waals surface area contributed by atoms with E-state index in [1.54, 1.807) is 38.1 Å². The molecule has 1 heterocycles. The number of aromatic nitrogens is 1. The Labute approximate surface area is 120 Å². The molecule has 21 heavy (non-hydrogen) atoms. The summed E-state index contributed by atoms with van der Waals surface area (Å²) in [4.78, 5) is 26.7. The summed E-state index contributed by atoms with van der Waals surface area (Å²) in [6, 6.07) is 6.54. The second kappa shape index (κ2) is 6.08. The number of anilines is 1. The van der Waals surface area contributed by atoms with Crippen molar-refractivity contribution in [3.63, 3.8) is 0 Å². The van der Waals surface area contributed by atoms with Gasteiger partial charge in [0.1, 0.15) is 5.75 Å². The van der Waals surface area contributed by atoms with Gasteiger partial charge in [-0.05, 0) is 19.1 Å². The zero-order chi connectivity index (χ0) is 15.4. The molecule has 1 aromatic carbocycles. The third kappa shape index (κ3) is 3.59. The molecule has 0 unspecified atom stereocenters. The van der Waals surface area contributed by atoms with Crippen molar-refractivity contribution in [2.45, 2.75) is 13.8 Å².